The number of benzene rings is 1. The molecule has 1 unspecified atom stereocenters. The topological polar surface area (TPSA) is 83.6 Å². The van der Waals surface area contributed by atoms with Gasteiger partial charge >= 0.3 is 0 Å². The number of fused-ring (bicyclic) bond motifs is 1. The SMILES string of the molecule is CC(CS(C)(=O)=O)N(C)C(=O)c1cc2c(cc1F)NC(=O)CC2. The Balaban J connectivity index is 2.27. The molecule has 0 aliphatic carbocycles. The molecular formula is C15H19FN2O4S. The normalized spacial score (nSPS) is 15.6. The number of halogens is 1. The minimum atomic E-state index is -3.25. The number of aryl methyl sites for hydroxylation is 1. The molecule has 2 amide bonds. The first-order valence-corrected chi connectivity index (χ1v) is 9.21. The van der Waals surface area contributed by atoms with Crippen molar-refractivity contribution in [3.63, 3.8) is 0 Å². The van der Waals surface area contributed by atoms with E-state index in [-0.39, 0.29) is 23.6 Å². The first kappa shape index (κ1) is 17.4. The van der Waals surface area contributed by atoms with Crippen LogP contribution in [0, 0.1) is 5.82 Å². The third-order valence-corrected chi connectivity index (χ3v) is 4.93. The summed E-state index contributed by atoms with van der Waals surface area (Å²) in [7, 11) is -1.81. The summed E-state index contributed by atoms with van der Waals surface area (Å²) in [4.78, 5) is 25.0. The zero-order chi connectivity index (χ0) is 17.4. The average Bonchev–Trinajstić information content (AvgIpc) is 2.43. The number of amides is 2. The molecule has 1 N–H and O–H groups in total. The third-order valence-electron chi connectivity index (χ3n) is 3.84. The van der Waals surface area contributed by atoms with Gasteiger partial charge in [0.1, 0.15) is 15.7 Å². The lowest BCUT2D eigenvalue weighted by Crippen LogP contribution is -2.39. The van der Waals surface area contributed by atoms with E-state index in [1.165, 1.54) is 18.0 Å². The molecule has 8 heteroatoms. The van der Waals surface area contributed by atoms with Crippen LogP contribution in [0.15, 0.2) is 12.1 Å². The maximum Gasteiger partial charge on any atom is 0.256 e. The van der Waals surface area contributed by atoms with Crippen molar-refractivity contribution in [1.29, 1.82) is 0 Å². The molecule has 0 fully saturated rings. The first-order chi connectivity index (χ1) is 10.6. The fourth-order valence-corrected chi connectivity index (χ4v) is 3.61. The summed E-state index contributed by atoms with van der Waals surface area (Å²) in [5.41, 5.74) is 0.948. The van der Waals surface area contributed by atoms with Crippen LogP contribution in [0.1, 0.15) is 29.3 Å². The second kappa shape index (κ2) is 6.27. The van der Waals surface area contributed by atoms with Crippen molar-refractivity contribution in [2.45, 2.75) is 25.8 Å². The van der Waals surface area contributed by atoms with Crippen LogP contribution in [0.25, 0.3) is 0 Å². The molecule has 1 aliphatic heterocycles. The Kier molecular flexibility index (Phi) is 4.74. The van der Waals surface area contributed by atoms with Crippen LogP contribution in [-0.4, -0.2) is 50.2 Å². The Morgan fingerprint density at radius 2 is 2.04 bits per heavy atom. The summed E-state index contributed by atoms with van der Waals surface area (Å²) in [6.07, 6.45) is 1.81. The van der Waals surface area contributed by atoms with Crippen molar-refractivity contribution in [2.24, 2.45) is 0 Å². The van der Waals surface area contributed by atoms with E-state index in [9.17, 15) is 22.4 Å². The van der Waals surface area contributed by atoms with Gasteiger partial charge in [0.15, 0.2) is 0 Å². The van der Waals surface area contributed by atoms with Gasteiger partial charge in [0.05, 0.1) is 11.3 Å². The highest BCUT2D eigenvalue weighted by atomic mass is 32.2. The molecule has 1 aromatic rings. The standard InChI is InChI=1S/C15H19FN2O4S/c1-9(8-23(3,21)22)18(2)15(20)11-6-10-4-5-14(19)17-13(10)7-12(11)16/h6-7,9H,4-5,8H2,1-3H3,(H,17,19). The Morgan fingerprint density at radius 1 is 1.39 bits per heavy atom. The van der Waals surface area contributed by atoms with Gasteiger partial charge in [-0.2, -0.15) is 0 Å². The summed E-state index contributed by atoms with van der Waals surface area (Å²) >= 11 is 0. The van der Waals surface area contributed by atoms with E-state index in [1.54, 1.807) is 6.92 Å². The number of anilines is 1. The maximum atomic E-state index is 14.2. The lowest BCUT2D eigenvalue weighted by molar-refractivity contribution is -0.116. The predicted octanol–water partition coefficient (Wildman–Crippen LogP) is 1.22. The van der Waals surface area contributed by atoms with Crippen LogP contribution in [0.4, 0.5) is 10.1 Å². The Bertz CT molecular complexity index is 761. The van der Waals surface area contributed by atoms with E-state index in [4.69, 9.17) is 0 Å². The van der Waals surface area contributed by atoms with Gasteiger partial charge in [-0.15, -0.1) is 0 Å². The smallest absolute Gasteiger partial charge is 0.256 e. The zero-order valence-corrected chi connectivity index (χ0v) is 14.0. The van der Waals surface area contributed by atoms with Crippen LogP contribution in [0.3, 0.4) is 0 Å². The summed E-state index contributed by atoms with van der Waals surface area (Å²) in [6.45, 7) is 1.59. The fraction of sp³-hybridized carbons (Fsp3) is 0.467. The van der Waals surface area contributed by atoms with Crippen LogP contribution >= 0.6 is 0 Å². The van der Waals surface area contributed by atoms with E-state index in [2.05, 4.69) is 5.32 Å². The van der Waals surface area contributed by atoms with Gasteiger partial charge < -0.3 is 10.2 Å². The molecule has 1 aliphatic rings. The summed E-state index contributed by atoms with van der Waals surface area (Å²) in [6, 6.07) is 1.98. The van der Waals surface area contributed by atoms with E-state index < -0.39 is 27.6 Å². The number of carbonyl (C=O) groups is 2. The molecule has 0 aromatic heterocycles. The van der Waals surface area contributed by atoms with E-state index >= 15 is 0 Å². The summed E-state index contributed by atoms with van der Waals surface area (Å²) < 4.78 is 36.9. The van der Waals surface area contributed by atoms with Gasteiger partial charge in [-0.3, -0.25) is 9.59 Å². The van der Waals surface area contributed by atoms with Crippen LogP contribution in [0.2, 0.25) is 0 Å². The molecule has 6 nitrogen and oxygen atoms in total. The van der Waals surface area contributed by atoms with E-state index in [0.717, 1.165) is 12.3 Å². The van der Waals surface area contributed by atoms with E-state index in [0.29, 0.717) is 17.7 Å². The van der Waals surface area contributed by atoms with Crippen molar-refractivity contribution in [3.8, 4) is 0 Å². The number of rotatable bonds is 4. The van der Waals surface area contributed by atoms with Crippen molar-refractivity contribution < 1.29 is 22.4 Å². The lowest BCUT2D eigenvalue weighted by Gasteiger charge is -2.25. The number of carbonyl (C=O) groups excluding carboxylic acids is 2. The lowest BCUT2D eigenvalue weighted by atomic mass is 9.99. The highest BCUT2D eigenvalue weighted by Gasteiger charge is 2.25. The number of hydrogen-bond donors (Lipinski definition) is 1. The first-order valence-electron chi connectivity index (χ1n) is 7.15. The fourth-order valence-electron chi connectivity index (χ4n) is 2.51. The Morgan fingerprint density at radius 3 is 2.65 bits per heavy atom. The number of nitrogens with one attached hydrogen (secondary N) is 1. The summed E-state index contributed by atoms with van der Waals surface area (Å²) in [5, 5.41) is 2.57. The van der Waals surface area contributed by atoms with E-state index in [1.807, 2.05) is 0 Å². The molecule has 0 bridgehead atoms. The highest BCUT2D eigenvalue weighted by molar-refractivity contribution is 7.90. The molecule has 0 saturated carbocycles. The van der Waals surface area contributed by atoms with Gasteiger partial charge in [0, 0.05) is 31.5 Å². The minimum absolute atomic E-state index is 0.122. The third kappa shape index (κ3) is 4.07. The van der Waals surface area contributed by atoms with Gasteiger partial charge in [0.2, 0.25) is 5.91 Å². The number of nitrogens with zero attached hydrogens (tertiary/aromatic N) is 1. The molecule has 0 spiro atoms. The molecular weight excluding hydrogens is 323 g/mol. The molecule has 2 rings (SSSR count). The van der Waals surface area contributed by atoms with Gasteiger partial charge in [-0.05, 0) is 31.0 Å². The summed E-state index contributed by atoms with van der Waals surface area (Å²) in [5.74, 6) is -1.71. The molecule has 1 atom stereocenters. The number of hydrogen-bond acceptors (Lipinski definition) is 4. The Hall–Kier alpha value is -1.96. The molecule has 1 heterocycles. The quantitative estimate of drug-likeness (QED) is 0.892. The van der Waals surface area contributed by atoms with Gasteiger partial charge in [-0.25, -0.2) is 12.8 Å². The zero-order valence-electron chi connectivity index (χ0n) is 13.2. The second-order valence-electron chi connectivity index (χ2n) is 5.89. The molecule has 23 heavy (non-hydrogen) atoms. The van der Waals surface area contributed by atoms with Crippen molar-refractivity contribution in [3.05, 3.63) is 29.1 Å². The van der Waals surface area contributed by atoms with Gasteiger partial charge in [-0.1, -0.05) is 0 Å². The van der Waals surface area contributed by atoms with Crippen molar-refractivity contribution in [1.82, 2.24) is 4.90 Å². The monoisotopic (exact) mass is 342 g/mol. The molecule has 1 aromatic carbocycles. The van der Waals surface area contributed by atoms with Crippen LogP contribution < -0.4 is 5.32 Å². The molecule has 126 valence electrons. The van der Waals surface area contributed by atoms with Gasteiger partial charge in [0.25, 0.3) is 5.91 Å². The average molecular weight is 342 g/mol. The molecule has 0 saturated heterocycles. The highest BCUT2D eigenvalue weighted by Crippen LogP contribution is 2.26. The minimum Gasteiger partial charge on any atom is -0.338 e. The Labute approximate surface area is 134 Å². The maximum absolute atomic E-state index is 14.2. The predicted molar refractivity (Wildman–Crippen MR) is 84.6 cm³/mol. The largest absolute Gasteiger partial charge is 0.338 e. The van der Waals surface area contributed by atoms with Crippen molar-refractivity contribution in [2.75, 3.05) is 24.4 Å². The second-order valence-corrected chi connectivity index (χ2v) is 8.08. The molecule has 0 radical (unpaired) electrons. The van der Waals surface area contributed by atoms with Crippen molar-refractivity contribution >= 4 is 27.3 Å². The number of sulfone groups is 1. The van der Waals surface area contributed by atoms with Crippen LogP contribution in [0.5, 0.6) is 0 Å². The van der Waals surface area contributed by atoms with Crippen LogP contribution in [-0.2, 0) is 21.1 Å².